The third-order valence-corrected chi connectivity index (χ3v) is 7.09. The van der Waals surface area contributed by atoms with Crippen LogP contribution in [0.4, 0.5) is 4.79 Å². The molecule has 180 valence electrons. The van der Waals surface area contributed by atoms with Gasteiger partial charge in [-0.25, -0.2) is 4.79 Å². The molecular weight excluding hydrogens is 507 g/mol. The number of hydrogen-bond donors (Lipinski definition) is 2. The molecule has 0 unspecified atom stereocenters. The molecule has 0 spiro atoms. The summed E-state index contributed by atoms with van der Waals surface area (Å²) in [4.78, 5) is 23.8. The lowest BCUT2D eigenvalue weighted by molar-refractivity contribution is 0.0208. The van der Waals surface area contributed by atoms with Crippen LogP contribution in [-0.2, 0) is 4.74 Å². The molecule has 1 amide bonds. The van der Waals surface area contributed by atoms with Crippen LogP contribution < -0.4 is 10.6 Å². The SMILES string of the molecule is CCNC(=NCC1(N2CCCCC2)CCN(C)CC1)NC1CCN(C(=O)OC)CC1.I. The molecule has 3 aliphatic rings. The predicted molar refractivity (Wildman–Crippen MR) is 136 cm³/mol. The maximum Gasteiger partial charge on any atom is 0.409 e. The van der Waals surface area contributed by atoms with E-state index in [9.17, 15) is 4.79 Å². The highest BCUT2D eigenvalue weighted by Crippen LogP contribution is 2.31. The zero-order valence-electron chi connectivity index (χ0n) is 19.7. The number of piperidine rings is 3. The average Bonchev–Trinajstić information content (AvgIpc) is 2.79. The van der Waals surface area contributed by atoms with E-state index in [1.807, 2.05) is 0 Å². The lowest BCUT2D eigenvalue weighted by Crippen LogP contribution is -2.58. The molecule has 3 saturated heterocycles. The molecule has 8 nitrogen and oxygen atoms in total. The van der Waals surface area contributed by atoms with Gasteiger partial charge < -0.3 is 25.2 Å². The van der Waals surface area contributed by atoms with Gasteiger partial charge in [-0.3, -0.25) is 9.89 Å². The Morgan fingerprint density at radius 1 is 1.06 bits per heavy atom. The van der Waals surface area contributed by atoms with Gasteiger partial charge in [-0.15, -0.1) is 24.0 Å². The minimum Gasteiger partial charge on any atom is -0.453 e. The van der Waals surface area contributed by atoms with E-state index >= 15 is 0 Å². The number of likely N-dealkylation sites (tertiary alicyclic amines) is 3. The number of rotatable bonds is 5. The summed E-state index contributed by atoms with van der Waals surface area (Å²) in [7, 11) is 3.68. The van der Waals surface area contributed by atoms with Crippen molar-refractivity contribution in [1.82, 2.24) is 25.3 Å². The van der Waals surface area contributed by atoms with E-state index in [1.54, 1.807) is 4.90 Å². The molecule has 3 fully saturated rings. The molecule has 3 aliphatic heterocycles. The van der Waals surface area contributed by atoms with Crippen LogP contribution in [0.2, 0.25) is 0 Å². The first kappa shape index (κ1) is 26.4. The van der Waals surface area contributed by atoms with Gasteiger partial charge in [0, 0.05) is 31.2 Å². The van der Waals surface area contributed by atoms with E-state index in [-0.39, 0.29) is 35.6 Å². The van der Waals surface area contributed by atoms with Gasteiger partial charge in [0.15, 0.2) is 5.96 Å². The number of ether oxygens (including phenoxy) is 1. The Morgan fingerprint density at radius 3 is 2.29 bits per heavy atom. The maximum absolute atomic E-state index is 11.7. The second-order valence-electron chi connectivity index (χ2n) is 9.15. The number of aliphatic imine (C=N–C) groups is 1. The number of nitrogens with zero attached hydrogens (tertiary/aromatic N) is 4. The van der Waals surface area contributed by atoms with Gasteiger partial charge in [-0.2, -0.15) is 0 Å². The second kappa shape index (κ2) is 13.0. The number of guanidine groups is 1. The van der Waals surface area contributed by atoms with E-state index in [4.69, 9.17) is 9.73 Å². The number of hydrogen-bond acceptors (Lipinski definition) is 5. The van der Waals surface area contributed by atoms with Crippen molar-refractivity contribution in [2.75, 3.05) is 66.5 Å². The van der Waals surface area contributed by atoms with Gasteiger partial charge in [0.2, 0.25) is 0 Å². The first-order valence-corrected chi connectivity index (χ1v) is 11.9. The first-order chi connectivity index (χ1) is 14.6. The molecule has 3 rings (SSSR count). The monoisotopic (exact) mass is 550 g/mol. The Balaban J connectivity index is 0.00000341. The molecule has 0 aromatic rings. The Hall–Kier alpha value is -0.810. The molecule has 0 aromatic carbocycles. The number of carbonyl (C=O) groups is 1. The van der Waals surface area contributed by atoms with Gasteiger partial charge in [0.1, 0.15) is 0 Å². The zero-order chi connectivity index (χ0) is 21.4. The Kier molecular flexibility index (Phi) is 11.1. The van der Waals surface area contributed by atoms with Gasteiger partial charge in [0.25, 0.3) is 0 Å². The fourth-order valence-corrected chi connectivity index (χ4v) is 5.05. The van der Waals surface area contributed by atoms with Crippen molar-refractivity contribution in [2.24, 2.45) is 4.99 Å². The summed E-state index contributed by atoms with van der Waals surface area (Å²) in [5, 5.41) is 7.08. The fraction of sp³-hybridized carbons (Fsp3) is 0.909. The Bertz CT molecular complexity index is 568. The highest BCUT2D eigenvalue weighted by atomic mass is 127. The normalized spacial score (nSPS) is 23.7. The molecule has 9 heteroatoms. The fourth-order valence-electron chi connectivity index (χ4n) is 5.05. The van der Waals surface area contributed by atoms with Crippen molar-refractivity contribution in [2.45, 2.75) is 63.5 Å². The zero-order valence-corrected chi connectivity index (χ0v) is 22.0. The van der Waals surface area contributed by atoms with Crippen LogP contribution >= 0.6 is 24.0 Å². The molecule has 0 bridgehead atoms. The van der Waals surface area contributed by atoms with Gasteiger partial charge >= 0.3 is 6.09 Å². The van der Waals surface area contributed by atoms with Crippen LogP contribution in [-0.4, -0.2) is 105 Å². The lowest BCUT2D eigenvalue weighted by atomic mass is 9.84. The van der Waals surface area contributed by atoms with Crippen LogP contribution in [0.15, 0.2) is 4.99 Å². The van der Waals surface area contributed by atoms with Crippen molar-refractivity contribution >= 4 is 36.0 Å². The summed E-state index contributed by atoms with van der Waals surface area (Å²) < 4.78 is 4.85. The third-order valence-electron chi connectivity index (χ3n) is 7.09. The van der Waals surface area contributed by atoms with E-state index in [0.717, 1.165) is 58.1 Å². The van der Waals surface area contributed by atoms with Crippen LogP contribution in [0.1, 0.15) is 51.9 Å². The molecule has 0 radical (unpaired) electrons. The van der Waals surface area contributed by atoms with Crippen LogP contribution in [0, 0.1) is 0 Å². The summed E-state index contributed by atoms with van der Waals surface area (Å²) in [5.41, 5.74) is 0.198. The van der Waals surface area contributed by atoms with Crippen LogP contribution in [0.3, 0.4) is 0 Å². The van der Waals surface area contributed by atoms with E-state index in [2.05, 4.69) is 34.4 Å². The Labute approximate surface area is 205 Å². The molecular formula is C22H43IN6O2. The Morgan fingerprint density at radius 2 is 1.71 bits per heavy atom. The maximum atomic E-state index is 11.7. The van der Waals surface area contributed by atoms with Gasteiger partial charge in [-0.1, -0.05) is 6.42 Å². The second-order valence-corrected chi connectivity index (χ2v) is 9.15. The number of halogens is 1. The third kappa shape index (κ3) is 7.35. The molecule has 0 atom stereocenters. The standard InChI is InChI=1S/C22H42N6O2.HI/c1-4-23-20(25-19-8-14-27(15-9-19)21(29)30-3)24-18-22(10-16-26(2)17-11-22)28-12-6-5-7-13-28;/h19H,4-18H2,1-3H3,(H2,23,24,25);1H. The summed E-state index contributed by atoms with van der Waals surface area (Å²) >= 11 is 0. The van der Waals surface area contributed by atoms with Crippen molar-refractivity contribution in [3.8, 4) is 0 Å². The highest BCUT2D eigenvalue weighted by molar-refractivity contribution is 14.0. The predicted octanol–water partition coefficient (Wildman–Crippen LogP) is 2.34. The summed E-state index contributed by atoms with van der Waals surface area (Å²) in [6.07, 6.45) is 8.01. The molecule has 0 saturated carbocycles. The topological polar surface area (TPSA) is 72.4 Å². The van der Waals surface area contributed by atoms with Gasteiger partial charge in [0.05, 0.1) is 13.7 Å². The molecule has 0 aliphatic carbocycles. The van der Waals surface area contributed by atoms with E-state index in [1.165, 1.54) is 52.3 Å². The van der Waals surface area contributed by atoms with E-state index < -0.39 is 0 Å². The highest BCUT2D eigenvalue weighted by Gasteiger charge is 2.39. The minimum absolute atomic E-state index is 0. The first-order valence-electron chi connectivity index (χ1n) is 11.9. The number of amides is 1. The lowest BCUT2D eigenvalue weighted by Gasteiger charge is -2.49. The number of methoxy groups -OCH3 is 1. The van der Waals surface area contributed by atoms with Crippen molar-refractivity contribution < 1.29 is 9.53 Å². The summed E-state index contributed by atoms with van der Waals surface area (Å²) in [6, 6.07) is 0.340. The quantitative estimate of drug-likeness (QED) is 0.311. The van der Waals surface area contributed by atoms with Crippen LogP contribution in [0.5, 0.6) is 0 Å². The molecule has 0 aromatic heterocycles. The largest absolute Gasteiger partial charge is 0.453 e. The number of nitrogens with one attached hydrogen (secondary N) is 2. The van der Waals surface area contributed by atoms with Crippen molar-refractivity contribution in [3.63, 3.8) is 0 Å². The molecule has 31 heavy (non-hydrogen) atoms. The summed E-state index contributed by atoms with van der Waals surface area (Å²) in [6.45, 7) is 10.0. The average molecular weight is 551 g/mol. The smallest absolute Gasteiger partial charge is 0.409 e. The molecule has 2 N–H and O–H groups in total. The summed E-state index contributed by atoms with van der Waals surface area (Å²) in [5.74, 6) is 0.921. The van der Waals surface area contributed by atoms with Gasteiger partial charge in [-0.05, 0) is 78.7 Å². The number of carbonyl (C=O) groups excluding carboxylic acids is 1. The van der Waals surface area contributed by atoms with E-state index in [0.29, 0.717) is 6.04 Å². The van der Waals surface area contributed by atoms with Crippen LogP contribution in [0.25, 0.3) is 0 Å². The van der Waals surface area contributed by atoms with Crippen molar-refractivity contribution in [3.05, 3.63) is 0 Å². The molecule has 3 heterocycles. The van der Waals surface area contributed by atoms with Crippen molar-refractivity contribution in [1.29, 1.82) is 0 Å². The minimum atomic E-state index is -0.222.